The second kappa shape index (κ2) is 11.3. The SMILES string of the molecule is CC(C)N(CCNCC1CC(C(C)(C)C)=CC(C(C)(C)C)=C1O)CC1C=C(Cl)CC(Cl)C1. The van der Waals surface area contributed by atoms with E-state index < -0.39 is 0 Å². The normalized spacial score (nSPS) is 25.4. The highest BCUT2D eigenvalue weighted by molar-refractivity contribution is 6.31. The van der Waals surface area contributed by atoms with Crippen molar-refractivity contribution in [3.63, 3.8) is 0 Å². The third-order valence-corrected chi connectivity index (χ3v) is 7.39. The van der Waals surface area contributed by atoms with Gasteiger partial charge >= 0.3 is 0 Å². The molecule has 0 aliphatic heterocycles. The summed E-state index contributed by atoms with van der Waals surface area (Å²) in [6.07, 6.45) is 7.15. The molecule has 2 aliphatic rings. The molecule has 0 aromatic rings. The molecule has 3 unspecified atom stereocenters. The van der Waals surface area contributed by atoms with Gasteiger partial charge in [-0.1, -0.05) is 70.9 Å². The van der Waals surface area contributed by atoms with E-state index in [1.165, 1.54) is 5.57 Å². The summed E-state index contributed by atoms with van der Waals surface area (Å²) in [7, 11) is 0. The van der Waals surface area contributed by atoms with Gasteiger partial charge in [-0.2, -0.15) is 0 Å². The van der Waals surface area contributed by atoms with Gasteiger partial charge in [0.2, 0.25) is 0 Å². The van der Waals surface area contributed by atoms with Gasteiger partial charge in [-0.25, -0.2) is 0 Å². The van der Waals surface area contributed by atoms with Gasteiger partial charge in [0.1, 0.15) is 5.76 Å². The Morgan fingerprint density at radius 3 is 2.31 bits per heavy atom. The van der Waals surface area contributed by atoms with Crippen molar-refractivity contribution in [2.24, 2.45) is 22.7 Å². The van der Waals surface area contributed by atoms with Gasteiger partial charge in [-0.05, 0) is 55.4 Å². The van der Waals surface area contributed by atoms with Crippen LogP contribution in [0.4, 0.5) is 0 Å². The molecule has 5 heteroatoms. The van der Waals surface area contributed by atoms with Crippen molar-refractivity contribution in [1.82, 2.24) is 10.2 Å². The summed E-state index contributed by atoms with van der Waals surface area (Å²) in [5.74, 6) is 1.11. The molecular formula is C27H46Cl2N2O. The molecule has 0 saturated heterocycles. The minimum absolute atomic E-state index is 0.0667. The fourth-order valence-electron chi connectivity index (χ4n) is 4.68. The molecule has 2 aliphatic carbocycles. The first-order valence-electron chi connectivity index (χ1n) is 12.3. The van der Waals surface area contributed by atoms with Crippen molar-refractivity contribution in [2.75, 3.05) is 26.2 Å². The van der Waals surface area contributed by atoms with Crippen LogP contribution >= 0.6 is 23.2 Å². The number of aliphatic hydroxyl groups excluding tert-OH is 1. The van der Waals surface area contributed by atoms with Crippen LogP contribution < -0.4 is 5.32 Å². The van der Waals surface area contributed by atoms with Gasteiger partial charge in [0.05, 0.1) is 0 Å². The summed E-state index contributed by atoms with van der Waals surface area (Å²) < 4.78 is 0. The number of nitrogens with zero attached hydrogens (tertiary/aromatic N) is 1. The lowest BCUT2D eigenvalue weighted by Crippen LogP contribution is -2.41. The van der Waals surface area contributed by atoms with Gasteiger partial charge in [0.25, 0.3) is 0 Å². The number of allylic oxidation sites excluding steroid dienone is 4. The summed E-state index contributed by atoms with van der Waals surface area (Å²) in [6, 6.07) is 0.463. The molecule has 0 radical (unpaired) electrons. The van der Waals surface area contributed by atoms with Crippen LogP contribution in [0.3, 0.4) is 0 Å². The number of halogens is 2. The van der Waals surface area contributed by atoms with Crippen LogP contribution in [0, 0.1) is 22.7 Å². The second-order valence-electron chi connectivity index (χ2n) is 12.1. The van der Waals surface area contributed by atoms with Crippen molar-refractivity contribution in [1.29, 1.82) is 0 Å². The third-order valence-electron chi connectivity index (χ3n) is 6.78. The van der Waals surface area contributed by atoms with Gasteiger partial charge in [0.15, 0.2) is 0 Å². The number of alkyl halides is 1. The summed E-state index contributed by atoms with van der Waals surface area (Å²) in [4.78, 5) is 2.50. The first-order valence-corrected chi connectivity index (χ1v) is 13.1. The smallest absolute Gasteiger partial charge is 0.101 e. The first kappa shape index (κ1) is 27.8. The summed E-state index contributed by atoms with van der Waals surface area (Å²) >= 11 is 12.7. The molecule has 0 bridgehead atoms. The summed E-state index contributed by atoms with van der Waals surface area (Å²) in [6.45, 7) is 21.5. The molecule has 2 rings (SSSR count). The van der Waals surface area contributed by atoms with Gasteiger partial charge in [-0.15, -0.1) is 11.6 Å². The number of nitrogens with one attached hydrogen (secondary N) is 1. The second-order valence-corrected chi connectivity index (χ2v) is 13.2. The van der Waals surface area contributed by atoms with E-state index >= 15 is 0 Å². The van der Waals surface area contributed by atoms with E-state index in [9.17, 15) is 5.11 Å². The Labute approximate surface area is 207 Å². The zero-order chi connectivity index (χ0) is 24.3. The van der Waals surface area contributed by atoms with Crippen molar-refractivity contribution in [2.45, 2.75) is 86.1 Å². The maximum absolute atomic E-state index is 11.1. The van der Waals surface area contributed by atoms with Gasteiger partial charge in [-0.3, -0.25) is 4.90 Å². The lowest BCUT2D eigenvalue weighted by molar-refractivity contribution is 0.193. The fraction of sp³-hybridized carbons (Fsp3) is 0.778. The van der Waals surface area contributed by atoms with Crippen molar-refractivity contribution >= 4 is 23.2 Å². The Morgan fingerprint density at radius 2 is 1.78 bits per heavy atom. The van der Waals surface area contributed by atoms with E-state index in [1.807, 2.05) is 0 Å². The number of aliphatic hydroxyl groups is 1. The maximum atomic E-state index is 11.1. The molecule has 3 nitrogen and oxygen atoms in total. The van der Waals surface area contributed by atoms with E-state index in [-0.39, 0.29) is 22.1 Å². The molecule has 0 amide bonds. The molecule has 32 heavy (non-hydrogen) atoms. The van der Waals surface area contributed by atoms with Crippen molar-refractivity contribution < 1.29 is 5.11 Å². The molecule has 0 fully saturated rings. The van der Waals surface area contributed by atoms with Gasteiger partial charge < -0.3 is 10.4 Å². The average molecular weight is 486 g/mol. The lowest BCUT2D eigenvalue weighted by atomic mass is 9.71. The van der Waals surface area contributed by atoms with Gasteiger partial charge in [0, 0.05) is 48.5 Å². The topological polar surface area (TPSA) is 35.5 Å². The minimum atomic E-state index is -0.0667. The van der Waals surface area contributed by atoms with E-state index in [0.717, 1.165) is 56.0 Å². The number of hydrogen-bond donors (Lipinski definition) is 2. The monoisotopic (exact) mass is 484 g/mol. The molecule has 3 atom stereocenters. The molecule has 0 saturated carbocycles. The number of rotatable bonds is 8. The molecule has 0 spiro atoms. The van der Waals surface area contributed by atoms with Crippen LogP contribution in [0.2, 0.25) is 0 Å². The highest BCUT2D eigenvalue weighted by Crippen LogP contribution is 2.42. The zero-order valence-electron chi connectivity index (χ0n) is 21.6. The number of hydrogen-bond acceptors (Lipinski definition) is 3. The highest BCUT2D eigenvalue weighted by atomic mass is 35.5. The van der Waals surface area contributed by atoms with E-state index in [2.05, 4.69) is 77.8 Å². The Balaban J connectivity index is 1.96. The third kappa shape index (κ3) is 8.08. The van der Waals surface area contributed by atoms with E-state index in [4.69, 9.17) is 23.2 Å². The van der Waals surface area contributed by atoms with Crippen LogP contribution in [-0.2, 0) is 0 Å². The minimum Gasteiger partial charge on any atom is -0.512 e. The average Bonchev–Trinajstić information content (AvgIpc) is 2.62. The van der Waals surface area contributed by atoms with Crippen molar-refractivity contribution in [3.05, 3.63) is 34.1 Å². The molecule has 0 heterocycles. The van der Waals surface area contributed by atoms with Crippen LogP contribution in [0.15, 0.2) is 34.1 Å². The zero-order valence-corrected chi connectivity index (χ0v) is 23.1. The molecule has 0 aromatic heterocycles. The Kier molecular flexibility index (Phi) is 9.80. The van der Waals surface area contributed by atoms with Crippen LogP contribution in [-0.4, -0.2) is 47.6 Å². The Hall–Kier alpha value is -0.480. The van der Waals surface area contributed by atoms with E-state index in [1.54, 1.807) is 0 Å². The largest absolute Gasteiger partial charge is 0.512 e. The predicted molar refractivity (Wildman–Crippen MR) is 141 cm³/mol. The molecule has 184 valence electrons. The lowest BCUT2D eigenvalue weighted by Gasteiger charge is -2.36. The summed E-state index contributed by atoms with van der Waals surface area (Å²) in [5.41, 5.74) is 2.55. The standard InChI is InChI=1S/C27H46Cl2N2O/c1-18(2)31(17-19-11-22(28)15-23(29)12-19)10-9-30-16-20-13-21(26(3,4)5)14-24(25(20)32)27(6,7)8/h11,14,18-20,23,30,32H,9-10,12-13,15-17H2,1-8H3. The fourth-order valence-corrected chi connectivity index (χ4v) is 5.52. The van der Waals surface area contributed by atoms with E-state index in [0.29, 0.717) is 17.7 Å². The predicted octanol–water partition coefficient (Wildman–Crippen LogP) is 7.28. The Morgan fingerprint density at radius 1 is 1.12 bits per heavy atom. The molecule has 2 N–H and O–H groups in total. The molecule has 0 aromatic carbocycles. The van der Waals surface area contributed by atoms with Crippen LogP contribution in [0.25, 0.3) is 0 Å². The first-order chi connectivity index (χ1) is 14.7. The molecular weight excluding hydrogens is 439 g/mol. The highest BCUT2D eigenvalue weighted by Gasteiger charge is 2.33. The Bertz CT molecular complexity index is 725. The quantitative estimate of drug-likeness (QED) is 0.280. The summed E-state index contributed by atoms with van der Waals surface area (Å²) in [5, 5.41) is 15.8. The maximum Gasteiger partial charge on any atom is 0.101 e. The van der Waals surface area contributed by atoms with Crippen LogP contribution in [0.5, 0.6) is 0 Å². The van der Waals surface area contributed by atoms with Crippen LogP contribution in [0.1, 0.15) is 74.7 Å². The van der Waals surface area contributed by atoms with Crippen molar-refractivity contribution in [3.8, 4) is 0 Å².